The molecule has 0 aliphatic heterocycles. The summed E-state index contributed by atoms with van der Waals surface area (Å²) in [6, 6.07) is 10.8. The Morgan fingerprint density at radius 1 is 1.06 bits per heavy atom. The molecule has 0 N–H and O–H groups in total. The predicted molar refractivity (Wildman–Crippen MR) is 70.6 cm³/mol. The smallest absolute Gasteiger partial charge is 0.0668 e. The highest BCUT2D eigenvalue weighted by Gasteiger charge is 2.22. The maximum Gasteiger partial charge on any atom is 0.0668 e. The van der Waals surface area contributed by atoms with E-state index in [9.17, 15) is 0 Å². The van der Waals surface area contributed by atoms with Gasteiger partial charge in [0.05, 0.1) is 5.92 Å². The standard InChI is InChI=1S/C15H13S/c1-2-11-9-10-16-15(11)14-8-7-12-5-3-4-6-13(12)14/h3-10H,2H2,1H3. The molecular weight excluding hydrogens is 212 g/mol. The number of fused-ring (bicyclic) bond motifs is 1. The van der Waals surface area contributed by atoms with Crippen LogP contribution in [-0.2, 0) is 6.42 Å². The first-order chi connectivity index (χ1) is 7.90. The third kappa shape index (κ3) is 1.43. The van der Waals surface area contributed by atoms with Crippen LogP contribution in [0.1, 0.15) is 28.5 Å². The Bertz CT molecular complexity index is 534. The third-order valence-electron chi connectivity index (χ3n) is 3.05. The number of rotatable bonds is 2. The van der Waals surface area contributed by atoms with E-state index in [1.165, 1.54) is 27.5 Å². The number of allylic oxidation sites excluding steroid dienone is 1. The van der Waals surface area contributed by atoms with E-state index in [0.29, 0.717) is 0 Å². The van der Waals surface area contributed by atoms with Crippen molar-refractivity contribution in [1.29, 1.82) is 0 Å². The Hall–Kier alpha value is -1.34. The molecule has 1 aliphatic rings. The average Bonchev–Trinajstić information content (AvgIpc) is 2.94. The van der Waals surface area contributed by atoms with Crippen LogP contribution in [-0.4, -0.2) is 0 Å². The maximum atomic E-state index is 2.25. The third-order valence-corrected chi connectivity index (χ3v) is 4.04. The normalized spacial score (nSPS) is 14.3. The summed E-state index contributed by atoms with van der Waals surface area (Å²) in [6.07, 6.45) is 5.57. The fourth-order valence-electron chi connectivity index (χ4n) is 2.20. The molecule has 0 unspecified atom stereocenters. The van der Waals surface area contributed by atoms with Gasteiger partial charge in [-0.05, 0) is 34.6 Å². The molecule has 0 saturated heterocycles. The lowest BCUT2D eigenvalue weighted by atomic mass is 9.96. The summed E-state index contributed by atoms with van der Waals surface area (Å²) in [5, 5.41) is 2.19. The zero-order valence-corrected chi connectivity index (χ0v) is 10.1. The first-order valence-corrected chi connectivity index (χ1v) is 6.49. The molecular formula is C15H13S. The van der Waals surface area contributed by atoms with Gasteiger partial charge in [-0.3, -0.25) is 0 Å². The van der Waals surface area contributed by atoms with E-state index in [4.69, 9.17) is 0 Å². The van der Waals surface area contributed by atoms with Crippen molar-refractivity contribution in [3.63, 3.8) is 0 Å². The van der Waals surface area contributed by atoms with Gasteiger partial charge < -0.3 is 0 Å². The molecule has 16 heavy (non-hydrogen) atoms. The molecule has 2 aromatic rings. The summed E-state index contributed by atoms with van der Waals surface area (Å²) in [4.78, 5) is 1.43. The molecule has 0 amide bonds. The maximum absolute atomic E-state index is 2.25. The highest BCUT2D eigenvalue weighted by atomic mass is 32.1. The van der Waals surface area contributed by atoms with Crippen LogP contribution in [0.25, 0.3) is 6.08 Å². The van der Waals surface area contributed by atoms with Crippen LogP contribution in [0.4, 0.5) is 0 Å². The molecule has 0 bridgehead atoms. The summed E-state index contributed by atoms with van der Waals surface area (Å²) < 4.78 is 0. The van der Waals surface area contributed by atoms with Gasteiger partial charge in [0.15, 0.2) is 0 Å². The lowest BCUT2D eigenvalue weighted by molar-refractivity contribution is 1.12. The highest BCUT2D eigenvalue weighted by Crippen LogP contribution is 2.38. The summed E-state index contributed by atoms with van der Waals surface area (Å²) in [6.45, 7) is 2.22. The van der Waals surface area contributed by atoms with E-state index in [0.717, 1.165) is 6.42 Å². The molecule has 0 spiro atoms. The van der Waals surface area contributed by atoms with Gasteiger partial charge >= 0.3 is 0 Å². The summed E-state index contributed by atoms with van der Waals surface area (Å²) >= 11 is 1.85. The predicted octanol–water partition coefficient (Wildman–Crippen LogP) is 4.31. The lowest BCUT2D eigenvalue weighted by Gasteiger charge is -2.10. The molecule has 1 aromatic heterocycles. The first-order valence-electron chi connectivity index (χ1n) is 5.61. The summed E-state index contributed by atoms with van der Waals surface area (Å²) in [5.74, 6) is 1.39. The molecule has 79 valence electrons. The van der Waals surface area contributed by atoms with E-state index >= 15 is 0 Å². The number of hydrogen-bond donors (Lipinski definition) is 0. The molecule has 3 rings (SSSR count). The van der Waals surface area contributed by atoms with Crippen molar-refractivity contribution in [1.82, 2.24) is 0 Å². The Morgan fingerprint density at radius 3 is 2.81 bits per heavy atom. The number of benzene rings is 1. The fourth-order valence-corrected chi connectivity index (χ4v) is 3.24. The lowest BCUT2D eigenvalue weighted by Crippen LogP contribution is -1.97. The molecule has 1 aliphatic carbocycles. The van der Waals surface area contributed by atoms with Crippen molar-refractivity contribution in [2.45, 2.75) is 13.3 Å². The van der Waals surface area contributed by atoms with Gasteiger partial charge in [0.2, 0.25) is 0 Å². The van der Waals surface area contributed by atoms with Gasteiger partial charge in [-0.25, -0.2) is 0 Å². The topological polar surface area (TPSA) is 0 Å². The highest BCUT2D eigenvalue weighted by molar-refractivity contribution is 7.10. The summed E-state index contributed by atoms with van der Waals surface area (Å²) in [7, 11) is 0. The Kier molecular flexibility index (Phi) is 2.41. The number of aryl methyl sites for hydroxylation is 1. The fraction of sp³-hybridized carbons (Fsp3) is 0.133. The summed E-state index contributed by atoms with van der Waals surface area (Å²) in [5.41, 5.74) is 4.17. The van der Waals surface area contributed by atoms with Gasteiger partial charge in [-0.1, -0.05) is 43.3 Å². The van der Waals surface area contributed by atoms with Crippen LogP contribution in [0, 0.1) is 5.92 Å². The van der Waals surface area contributed by atoms with Crippen molar-refractivity contribution in [3.05, 3.63) is 69.3 Å². The van der Waals surface area contributed by atoms with Crippen LogP contribution in [0.2, 0.25) is 0 Å². The minimum absolute atomic E-state index is 1.11. The van der Waals surface area contributed by atoms with Gasteiger partial charge in [-0.2, -0.15) is 0 Å². The van der Waals surface area contributed by atoms with Crippen LogP contribution >= 0.6 is 11.3 Å². The largest absolute Gasteiger partial charge is 0.147 e. The van der Waals surface area contributed by atoms with E-state index in [2.05, 4.69) is 54.8 Å². The van der Waals surface area contributed by atoms with Crippen LogP contribution in [0.5, 0.6) is 0 Å². The van der Waals surface area contributed by atoms with Crippen LogP contribution < -0.4 is 0 Å². The molecule has 0 fully saturated rings. The van der Waals surface area contributed by atoms with Crippen molar-refractivity contribution < 1.29 is 0 Å². The van der Waals surface area contributed by atoms with Crippen molar-refractivity contribution in [3.8, 4) is 0 Å². The SMILES string of the molecule is CCc1ccsc1[C]1C=Cc2ccccc21. The second kappa shape index (κ2) is 3.91. The Labute approximate surface area is 100 Å². The first kappa shape index (κ1) is 9.86. The molecule has 1 heterocycles. The monoisotopic (exact) mass is 225 g/mol. The van der Waals surface area contributed by atoms with E-state index in [1.54, 1.807) is 0 Å². The minimum Gasteiger partial charge on any atom is -0.147 e. The second-order valence-electron chi connectivity index (χ2n) is 3.96. The van der Waals surface area contributed by atoms with Crippen LogP contribution in [0.15, 0.2) is 41.8 Å². The zero-order chi connectivity index (χ0) is 11.0. The average molecular weight is 225 g/mol. The number of thiophene rings is 1. The Balaban J connectivity index is 2.08. The van der Waals surface area contributed by atoms with Crippen LogP contribution in [0.3, 0.4) is 0 Å². The molecule has 1 aromatic carbocycles. The second-order valence-corrected chi connectivity index (χ2v) is 4.88. The van der Waals surface area contributed by atoms with E-state index in [-0.39, 0.29) is 0 Å². The van der Waals surface area contributed by atoms with Gasteiger partial charge in [0.25, 0.3) is 0 Å². The van der Waals surface area contributed by atoms with E-state index in [1.807, 2.05) is 11.3 Å². The van der Waals surface area contributed by atoms with Crippen molar-refractivity contribution >= 4 is 17.4 Å². The van der Waals surface area contributed by atoms with Gasteiger partial charge in [0, 0.05) is 4.88 Å². The van der Waals surface area contributed by atoms with Crippen molar-refractivity contribution in [2.75, 3.05) is 0 Å². The molecule has 1 radical (unpaired) electrons. The minimum atomic E-state index is 1.11. The quantitative estimate of drug-likeness (QED) is 0.714. The Morgan fingerprint density at radius 2 is 1.94 bits per heavy atom. The van der Waals surface area contributed by atoms with Gasteiger partial charge in [0.1, 0.15) is 0 Å². The molecule has 1 heteroatoms. The zero-order valence-electron chi connectivity index (χ0n) is 9.23. The molecule has 0 saturated carbocycles. The van der Waals surface area contributed by atoms with Gasteiger partial charge in [-0.15, -0.1) is 11.3 Å². The van der Waals surface area contributed by atoms with Crippen molar-refractivity contribution in [2.24, 2.45) is 0 Å². The van der Waals surface area contributed by atoms with E-state index < -0.39 is 0 Å². The number of hydrogen-bond acceptors (Lipinski definition) is 1. The molecule has 0 atom stereocenters. The molecule has 0 nitrogen and oxygen atoms in total.